The highest BCUT2D eigenvalue weighted by Gasteiger charge is 2.13. The van der Waals surface area contributed by atoms with Crippen molar-refractivity contribution >= 4 is 46.6 Å². The quantitative estimate of drug-likeness (QED) is 0.710. The van der Waals surface area contributed by atoms with Gasteiger partial charge in [-0.2, -0.15) is 0 Å². The molecule has 26 heavy (non-hydrogen) atoms. The van der Waals surface area contributed by atoms with Gasteiger partial charge in [-0.25, -0.2) is 4.39 Å². The molecule has 4 nitrogen and oxygen atoms in total. The van der Waals surface area contributed by atoms with Crippen molar-refractivity contribution in [3.63, 3.8) is 0 Å². The second-order valence-electron chi connectivity index (χ2n) is 5.59. The molecule has 0 saturated heterocycles. The topological polar surface area (TPSA) is 58.2 Å². The molecule has 2 aromatic rings. The van der Waals surface area contributed by atoms with Crippen LogP contribution in [0.25, 0.3) is 0 Å². The standard InChI is InChI=1S/C18H16Cl3FN2O2/c1-10(11-2-5-14(19)16(21)8-11)24-17(25)6-7-23-18(26)13-4-3-12(22)9-15(13)20/h2-5,8-10H,6-7H2,1H3,(H,23,26)(H,24,25). The van der Waals surface area contributed by atoms with Gasteiger partial charge in [0, 0.05) is 13.0 Å². The minimum Gasteiger partial charge on any atom is -0.351 e. The Morgan fingerprint density at radius 2 is 1.77 bits per heavy atom. The summed E-state index contributed by atoms with van der Waals surface area (Å²) in [7, 11) is 0. The van der Waals surface area contributed by atoms with E-state index in [0.29, 0.717) is 10.0 Å². The molecule has 0 aromatic heterocycles. The molecule has 0 radical (unpaired) electrons. The summed E-state index contributed by atoms with van der Waals surface area (Å²) < 4.78 is 13.0. The average molecular weight is 418 g/mol. The van der Waals surface area contributed by atoms with Crippen molar-refractivity contribution in [2.75, 3.05) is 6.54 Å². The number of carbonyl (C=O) groups excluding carboxylic acids is 2. The van der Waals surface area contributed by atoms with Gasteiger partial charge in [0.1, 0.15) is 5.82 Å². The normalized spacial score (nSPS) is 11.7. The first-order chi connectivity index (χ1) is 12.3. The van der Waals surface area contributed by atoms with Gasteiger partial charge >= 0.3 is 0 Å². The van der Waals surface area contributed by atoms with Crippen LogP contribution in [-0.4, -0.2) is 18.4 Å². The van der Waals surface area contributed by atoms with Gasteiger partial charge in [0.2, 0.25) is 5.91 Å². The second kappa shape index (κ2) is 9.21. The SMILES string of the molecule is CC(NC(=O)CCNC(=O)c1ccc(F)cc1Cl)c1ccc(Cl)c(Cl)c1. The Hall–Kier alpha value is -1.82. The van der Waals surface area contributed by atoms with Crippen molar-refractivity contribution < 1.29 is 14.0 Å². The summed E-state index contributed by atoms with van der Waals surface area (Å²) in [5.41, 5.74) is 0.965. The maximum Gasteiger partial charge on any atom is 0.252 e. The summed E-state index contributed by atoms with van der Waals surface area (Å²) in [6, 6.07) is 8.35. The van der Waals surface area contributed by atoms with Crippen LogP contribution in [0.4, 0.5) is 4.39 Å². The number of nitrogens with one attached hydrogen (secondary N) is 2. The molecule has 1 unspecified atom stereocenters. The van der Waals surface area contributed by atoms with E-state index in [0.717, 1.165) is 17.7 Å². The van der Waals surface area contributed by atoms with Gasteiger partial charge in [0.15, 0.2) is 0 Å². The lowest BCUT2D eigenvalue weighted by Crippen LogP contribution is -2.32. The van der Waals surface area contributed by atoms with Crippen molar-refractivity contribution in [2.24, 2.45) is 0 Å². The molecule has 0 aliphatic carbocycles. The molecule has 0 bridgehead atoms. The lowest BCUT2D eigenvalue weighted by Gasteiger charge is -2.15. The zero-order chi connectivity index (χ0) is 19.3. The first-order valence-corrected chi connectivity index (χ1v) is 8.89. The summed E-state index contributed by atoms with van der Waals surface area (Å²) >= 11 is 17.7. The van der Waals surface area contributed by atoms with E-state index in [9.17, 15) is 14.0 Å². The minimum atomic E-state index is -0.526. The fraction of sp³-hybridized carbons (Fsp3) is 0.222. The van der Waals surface area contributed by atoms with E-state index in [1.165, 1.54) is 6.07 Å². The van der Waals surface area contributed by atoms with Gasteiger partial charge in [-0.3, -0.25) is 9.59 Å². The second-order valence-corrected chi connectivity index (χ2v) is 6.81. The van der Waals surface area contributed by atoms with Crippen LogP contribution in [0.1, 0.15) is 35.3 Å². The molecule has 0 aliphatic rings. The summed E-state index contributed by atoms with van der Waals surface area (Å²) in [5, 5.41) is 6.25. The Morgan fingerprint density at radius 3 is 2.42 bits per heavy atom. The van der Waals surface area contributed by atoms with Crippen LogP contribution in [0.2, 0.25) is 15.1 Å². The van der Waals surface area contributed by atoms with Gasteiger partial charge in [0.05, 0.1) is 26.7 Å². The maximum absolute atomic E-state index is 13.0. The van der Waals surface area contributed by atoms with Crippen LogP contribution in [0, 0.1) is 5.82 Å². The average Bonchev–Trinajstić information content (AvgIpc) is 2.57. The number of amides is 2. The highest BCUT2D eigenvalue weighted by atomic mass is 35.5. The number of hydrogen-bond acceptors (Lipinski definition) is 2. The molecular weight excluding hydrogens is 402 g/mol. The zero-order valence-corrected chi connectivity index (χ0v) is 16.1. The van der Waals surface area contributed by atoms with Crippen molar-refractivity contribution in [3.8, 4) is 0 Å². The number of halogens is 4. The molecule has 1 atom stereocenters. The third kappa shape index (κ3) is 5.59. The molecule has 138 valence electrons. The summed E-state index contributed by atoms with van der Waals surface area (Å²) in [6.07, 6.45) is 0.0796. The first-order valence-electron chi connectivity index (χ1n) is 7.75. The van der Waals surface area contributed by atoms with E-state index < -0.39 is 11.7 Å². The van der Waals surface area contributed by atoms with Gasteiger partial charge in [0.25, 0.3) is 5.91 Å². The van der Waals surface area contributed by atoms with Crippen LogP contribution >= 0.6 is 34.8 Å². The third-order valence-corrected chi connectivity index (χ3v) is 4.69. The molecule has 2 N–H and O–H groups in total. The number of hydrogen-bond donors (Lipinski definition) is 2. The van der Waals surface area contributed by atoms with E-state index in [1.54, 1.807) is 18.2 Å². The van der Waals surface area contributed by atoms with Crippen LogP contribution < -0.4 is 10.6 Å². The molecule has 0 spiro atoms. The van der Waals surface area contributed by atoms with Crippen LogP contribution in [0.5, 0.6) is 0 Å². The molecule has 2 amide bonds. The summed E-state index contributed by atoms with van der Waals surface area (Å²) in [6.45, 7) is 1.93. The number of benzene rings is 2. The van der Waals surface area contributed by atoms with E-state index in [2.05, 4.69) is 10.6 Å². The van der Waals surface area contributed by atoms with Crippen molar-refractivity contribution in [1.82, 2.24) is 10.6 Å². The Labute approximate surface area is 165 Å². The fourth-order valence-corrected chi connectivity index (χ4v) is 2.80. The first kappa shape index (κ1) is 20.5. The summed E-state index contributed by atoms with van der Waals surface area (Å²) in [4.78, 5) is 24.0. The Balaban J connectivity index is 1.82. The molecule has 0 saturated carbocycles. The smallest absolute Gasteiger partial charge is 0.252 e. The minimum absolute atomic E-state index is 0.0141. The lowest BCUT2D eigenvalue weighted by molar-refractivity contribution is -0.121. The molecule has 2 aromatic carbocycles. The Kier molecular flexibility index (Phi) is 7.26. The molecule has 2 rings (SSSR count). The molecule has 0 aliphatic heterocycles. The highest BCUT2D eigenvalue weighted by molar-refractivity contribution is 6.42. The third-order valence-electron chi connectivity index (χ3n) is 3.63. The largest absolute Gasteiger partial charge is 0.351 e. The number of rotatable bonds is 6. The monoisotopic (exact) mass is 416 g/mol. The highest BCUT2D eigenvalue weighted by Crippen LogP contribution is 2.25. The molecule has 0 fully saturated rings. The predicted octanol–water partition coefficient (Wildman–Crippen LogP) is 4.78. The van der Waals surface area contributed by atoms with Gasteiger partial charge in [-0.05, 0) is 42.8 Å². The predicted molar refractivity (Wildman–Crippen MR) is 101 cm³/mol. The Morgan fingerprint density at radius 1 is 1.04 bits per heavy atom. The van der Waals surface area contributed by atoms with Crippen molar-refractivity contribution in [1.29, 1.82) is 0 Å². The van der Waals surface area contributed by atoms with Crippen molar-refractivity contribution in [2.45, 2.75) is 19.4 Å². The van der Waals surface area contributed by atoms with Crippen LogP contribution in [0.15, 0.2) is 36.4 Å². The van der Waals surface area contributed by atoms with Gasteiger partial charge in [-0.15, -0.1) is 0 Å². The van der Waals surface area contributed by atoms with E-state index in [-0.39, 0.29) is 35.5 Å². The van der Waals surface area contributed by atoms with Crippen LogP contribution in [0.3, 0.4) is 0 Å². The van der Waals surface area contributed by atoms with E-state index in [4.69, 9.17) is 34.8 Å². The molecule has 0 heterocycles. The summed E-state index contributed by atoms with van der Waals surface area (Å²) in [5.74, 6) is -1.24. The van der Waals surface area contributed by atoms with Crippen molar-refractivity contribution in [3.05, 3.63) is 68.4 Å². The maximum atomic E-state index is 13.0. The fourth-order valence-electron chi connectivity index (χ4n) is 2.24. The zero-order valence-electron chi connectivity index (χ0n) is 13.8. The van der Waals surface area contributed by atoms with Gasteiger partial charge in [-0.1, -0.05) is 40.9 Å². The lowest BCUT2D eigenvalue weighted by atomic mass is 10.1. The molecular formula is C18H16Cl3FN2O2. The van der Waals surface area contributed by atoms with Gasteiger partial charge < -0.3 is 10.6 Å². The number of carbonyl (C=O) groups is 2. The van der Waals surface area contributed by atoms with Crippen LogP contribution in [-0.2, 0) is 4.79 Å². The van der Waals surface area contributed by atoms with E-state index >= 15 is 0 Å². The molecule has 8 heteroatoms. The van der Waals surface area contributed by atoms with E-state index in [1.807, 2.05) is 6.92 Å². The Bertz CT molecular complexity index is 830.